The molecule has 4 rings (SSSR count). The van der Waals surface area contributed by atoms with Crippen LogP contribution in [0, 0.1) is 13.8 Å². The van der Waals surface area contributed by atoms with Gasteiger partial charge in [0.2, 0.25) is 0 Å². The Morgan fingerprint density at radius 1 is 1.00 bits per heavy atom. The zero-order valence-electron chi connectivity index (χ0n) is 19.7. The number of methoxy groups -OCH3 is 1. The number of nitrogens with zero attached hydrogens (tertiary/aromatic N) is 1. The first-order valence-corrected chi connectivity index (χ1v) is 11.1. The average molecular weight is 458 g/mol. The van der Waals surface area contributed by atoms with Crippen molar-refractivity contribution < 1.29 is 24.2 Å². The zero-order chi connectivity index (χ0) is 24.4. The van der Waals surface area contributed by atoms with Crippen LogP contribution in [0.1, 0.15) is 35.2 Å². The Labute approximate surface area is 199 Å². The molecule has 1 fully saturated rings. The molecule has 0 saturated carbocycles. The molecular formula is C28H27NO5. The highest BCUT2D eigenvalue weighted by atomic mass is 16.5. The van der Waals surface area contributed by atoms with Crippen molar-refractivity contribution in [2.75, 3.05) is 18.6 Å². The van der Waals surface area contributed by atoms with Gasteiger partial charge in [-0.15, -0.1) is 0 Å². The molecular weight excluding hydrogens is 430 g/mol. The summed E-state index contributed by atoms with van der Waals surface area (Å²) < 4.78 is 11.2. The SMILES string of the molecule is CCOc1cccc(N2C(=O)C(=O)/C(=C(/O)c3cc(C)cc(C)c3OC)C2c2ccccc2)c1. The van der Waals surface area contributed by atoms with E-state index in [-0.39, 0.29) is 11.3 Å². The third-order valence-corrected chi connectivity index (χ3v) is 5.84. The van der Waals surface area contributed by atoms with Crippen molar-refractivity contribution in [1.82, 2.24) is 0 Å². The Balaban J connectivity index is 1.97. The number of aryl methyl sites for hydroxylation is 2. The molecule has 1 saturated heterocycles. The lowest BCUT2D eigenvalue weighted by Gasteiger charge is -2.26. The van der Waals surface area contributed by atoms with Crippen LogP contribution in [0.25, 0.3) is 5.76 Å². The van der Waals surface area contributed by atoms with Crippen LogP contribution >= 0.6 is 0 Å². The van der Waals surface area contributed by atoms with E-state index in [1.165, 1.54) is 12.0 Å². The van der Waals surface area contributed by atoms with Crippen LogP contribution in [0.2, 0.25) is 0 Å². The van der Waals surface area contributed by atoms with Gasteiger partial charge in [0.15, 0.2) is 0 Å². The number of aliphatic hydroxyl groups is 1. The van der Waals surface area contributed by atoms with Crippen LogP contribution in [0.5, 0.6) is 11.5 Å². The lowest BCUT2D eigenvalue weighted by Crippen LogP contribution is -2.29. The molecule has 1 aliphatic heterocycles. The quantitative estimate of drug-likeness (QED) is 0.307. The van der Waals surface area contributed by atoms with Crippen molar-refractivity contribution in [2.24, 2.45) is 0 Å². The van der Waals surface area contributed by atoms with Crippen molar-refractivity contribution in [3.63, 3.8) is 0 Å². The highest BCUT2D eigenvalue weighted by Crippen LogP contribution is 2.44. The largest absolute Gasteiger partial charge is 0.507 e. The molecule has 0 aromatic heterocycles. The van der Waals surface area contributed by atoms with Gasteiger partial charge in [-0.25, -0.2) is 0 Å². The lowest BCUT2D eigenvalue weighted by molar-refractivity contribution is -0.132. The number of aliphatic hydroxyl groups excluding tert-OH is 1. The first-order valence-electron chi connectivity index (χ1n) is 11.1. The smallest absolute Gasteiger partial charge is 0.300 e. The Morgan fingerprint density at radius 3 is 2.41 bits per heavy atom. The summed E-state index contributed by atoms with van der Waals surface area (Å²) in [6.07, 6.45) is 0. The summed E-state index contributed by atoms with van der Waals surface area (Å²) in [5.74, 6) is -0.690. The third-order valence-electron chi connectivity index (χ3n) is 5.84. The molecule has 0 radical (unpaired) electrons. The van der Waals surface area contributed by atoms with Crippen LogP contribution in [0.3, 0.4) is 0 Å². The molecule has 1 heterocycles. The molecule has 1 atom stereocenters. The second-order valence-electron chi connectivity index (χ2n) is 8.17. The number of ether oxygens (including phenoxy) is 2. The second kappa shape index (κ2) is 9.43. The minimum absolute atomic E-state index is 0.0151. The Bertz CT molecular complexity index is 1280. The van der Waals surface area contributed by atoms with Gasteiger partial charge in [0.25, 0.3) is 11.7 Å². The van der Waals surface area contributed by atoms with Gasteiger partial charge in [0.1, 0.15) is 17.3 Å². The molecule has 1 N–H and O–H groups in total. The van der Waals surface area contributed by atoms with E-state index in [0.29, 0.717) is 34.9 Å². The predicted molar refractivity (Wildman–Crippen MR) is 131 cm³/mol. The van der Waals surface area contributed by atoms with E-state index in [2.05, 4.69) is 0 Å². The van der Waals surface area contributed by atoms with E-state index < -0.39 is 17.7 Å². The fourth-order valence-electron chi connectivity index (χ4n) is 4.49. The molecule has 1 amide bonds. The van der Waals surface area contributed by atoms with Gasteiger partial charge in [-0.1, -0.05) is 42.5 Å². The number of amides is 1. The van der Waals surface area contributed by atoms with Crippen LogP contribution < -0.4 is 14.4 Å². The molecule has 0 spiro atoms. The standard InChI is InChI=1S/C28H27NO5/c1-5-34-21-13-9-12-20(16-21)29-24(19-10-7-6-8-11-19)23(26(31)28(29)32)25(30)22-15-17(2)14-18(3)27(22)33-4/h6-16,24,30H,5H2,1-4H3/b25-23+. The van der Waals surface area contributed by atoms with Crippen LogP contribution in [0.15, 0.2) is 72.3 Å². The third kappa shape index (κ3) is 4.03. The van der Waals surface area contributed by atoms with Crippen LogP contribution in [-0.2, 0) is 9.59 Å². The van der Waals surface area contributed by atoms with Gasteiger partial charge in [-0.2, -0.15) is 0 Å². The van der Waals surface area contributed by atoms with Gasteiger partial charge < -0.3 is 14.6 Å². The fourth-order valence-corrected chi connectivity index (χ4v) is 4.49. The Kier molecular flexibility index (Phi) is 6.41. The highest BCUT2D eigenvalue weighted by Gasteiger charge is 2.47. The summed E-state index contributed by atoms with van der Waals surface area (Å²) in [7, 11) is 1.51. The van der Waals surface area contributed by atoms with E-state index >= 15 is 0 Å². The Morgan fingerprint density at radius 2 is 1.74 bits per heavy atom. The van der Waals surface area contributed by atoms with E-state index in [9.17, 15) is 14.7 Å². The zero-order valence-corrected chi connectivity index (χ0v) is 19.7. The van der Waals surface area contributed by atoms with Crippen molar-refractivity contribution in [1.29, 1.82) is 0 Å². The van der Waals surface area contributed by atoms with Gasteiger partial charge in [0.05, 0.1) is 30.9 Å². The monoisotopic (exact) mass is 457 g/mol. The molecule has 1 unspecified atom stereocenters. The van der Waals surface area contributed by atoms with Crippen molar-refractivity contribution in [2.45, 2.75) is 26.8 Å². The number of carbonyl (C=O) groups excluding carboxylic acids is 2. The predicted octanol–water partition coefficient (Wildman–Crippen LogP) is 5.34. The van der Waals surface area contributed by atoms with Gasteiger partial charge in [0, 0.05) is 11.8 Å². The summed E-state index contributed by atoms with van der Waals surface area (Å²) in [6, 6.07) is 19.1. The number of hydrogen-bond acceptors (Lipinski definition) is 5. The first-order chi connectivity index (χ1) is 16.4. The van der Waals surface area contributed by atoms with Gasteiger partial charge in [-0.05, 0) is 55.7 Å². The molecule has 3 aromatic carbocycles. The second-order valence-corrected chi connectivity index (χ2v) is 8.17. The van der Waals surface area contributed by atoms with Crippen LogP contribution in [0.4, 0.5) is 5.69 Å². The lowest BCUT2D eigenvalue weighted by atomic mass is 9.93. The van der Waals surface area contributed by atoms with E-state index in [4.69, 9.17) is 9.47 Å². The molecule has 34 heavy (non-hydrogen) atoms. The highest BCUT2D eigenvalue weighted by molar-refractivity contribution is 6.51. The summed E-state index contributed by atoms with van der Waals surface area (Å²) >= 11 is 0. The van der Waals surface area contributed by atoms with E-state index in [1.54, 1.807) is 30.3 Å². The van der Waals surface area contributed by atoms with Gasteiger partial charge in [-0.3, -0.25) is 14.5 Å². The number of hydrogen-bond donors (Lipinski definition) is 1. The molecule has 6 heteroatoms. The van der Waals surface area contributed by atoms with E-state index in [0.717, 1.165) is 11.1 Å². The fraction of sp³-hybridized carbons (Fsp3) is 0.214. The minimum atomic E-state index is -0.816. The van der Waals surface area contributed by atoms with Crippen molar-refractivity contribution in [3.8, 4) is 11.5 Å². The topological polar surface area (TPSA) is 76.1 Å². The summed E-state index contributed by atoms with van der Waals surface area (Å²) in [5.41, 5.74) is 3.32. The number of carbonyl (C=O) groups is 2. The first kappa shape index (κ1) is 23.1. The van der Waals surface area contributed by atoms with Crippen molar-refractivity contribution >= 4 is 23.1 Å². The molecule has 3 aromatic rings. The van der Waals surface area contributed by atoms with Crippen molar-refractivity contribution in [3.05, 3.63) is 94.6 Å². The molecule has 0 bridgehead atoms. The molecule has 1 aliphatic rings. The molecule has 174 valence electrons. The minimum Gasteiger partial charge on any atom is -0.507 e. The summed E-state index contributed by atoms with van der Waals surface area (Å²) in [6.45, 7) is 6.11. The number of ketones is 1. The average Bonchev–Trinajstić information content (AvgIpc) is 3.09. The summed E-state index contributed by atoms with van der Waals surface area (Å²) in [4.78, 5) is 28.2. The number of rotatable bonds is 6. The number of anilines is 1. The number of Topliss-reactive ketones (excluding diaryl/α,β-unsaturated/α-hetero) is 1. The maximum absolute atomic E-state index is 13.4. The normalized spacial score (nSPS) is 17.2. The Hall–Kier alpha value is -4.06. The number of benzene rings is 3. The summed E-state index contributed by atoms with van der Waals surface area (Å²) in [5, 5.41) is 11.5. The molecule has 6 nitrogen and oxygen atoms in total. The maximum atomic E-state index is 13.4. The molecule has 0 aliphatic carbocycles. The maximum Gasteiger partial charge on any atom is 0.300 e. The van der Waals surface area contributed by atoms with Gasteiger partial charge >= 0.3 is 0 Å². The van der Waals surface area contributed by atoms with Crippen LogP contribution in [-0.4, -0.2) is 30.5 Å². The van der Waals surface area contributed by atoms with E-state index in [1.807, 2.05) is 57.2 Å².